The average molecular weight is 231 g/mol. The summed E-state index contributed by atoms with van der Waals surface area (Å²) in [7, 11) is 0. The zero-order valence-electron chi connectivity index (χ0n) is 5.93. The van der Waals surface area contributed by atoms with Gasteiger partial charge in [0.25, 0.3) is 0 Å². The number of esters is 1. The van der Waals surface area contributed by atoms with Crippen LogP contribution in [0.5, 0.6) is 0 Å². The van der Waals surface area contributed by atoms with Crippen LogP contribution in [0.15, 0.2) is 16.6 Å². The Balaban J connectivity index is 2.63. The van der Waals surface area contributed by atoms with Gasteiger partial charge in [0.05, 0.1) is 10.0 Å². The summed E-state index contributed by atoms with van der Waals surface area (Å²) in [6.07, 6.45) is 0. The fraction of sp³-hybridized carbons (Fsp3) is 0.125. The molecule has 4 heteroatoms. The lowest BCUT2D eigenvalue weighted by Crippen LogP contribution is -1.94. The average Bonchev–Trinajstić information content (AvgIpc) is 2.35. The van der Waals surface area contributed by atoms with Crippen LogP contribution in [-0.4, -0.2) is 5.97 Å². The highest BCUT2D eigenvalue weighted by Crippen LogP contribution is 2.26. The minimum Gasteiger partial charge on any atom is -0.457 e. The number of benzene rings is 1. The van der Waals surface area contributed by atoms with Gasteiger partial charge in [0, 0.05) is 5.56 Å². The minimum absolute atomic E-state index is 0.243. The molecular weight excluding hydrogens is 227 g/mol. The molecular formula is C8H4BrFO2. The summed E-state index contributed by atoms with van der Waals surface area (Å²) >= 11 is 3.03. The van der Waals surface area contributed by atoms with E-state index in [-0.39, 0.29) is 6.61 Å². The molecule has 0 spiro atoms. The highest BCUT2D eigenvalue weighted by atomic mass is 79.9. The topological polar surface area (TPSA) is 26.3 Å². The Kier molecular flexibility index (Phi) is 1.65. The molecule has 2 rings (SSSR count). The summed E-state index contributed by atoms with van der Waals surface area (Å²) < 4.78 is 18.0. The molecule has 0 bridgehead atoms. The Labute approximate surface area is 76.5 Å². The monoisotopic (exact) mass is 230 g/mol. The van der Waals surface area contributed by atoms with Crippen molar-refractivity contribution in [3.8, 4) is 0 Å². The Morgan fingerprint density at radius 2 is 2.25 bits per heavy atom. The van der Waals surface area contributed by atoms with Crippen molar-refractivity contribution in [2.24, 2.45) is 0 Å². The molecule has 0 unspecified atom stereocenters. The lowest BCUT2D eigenvalue weighted by molar-refractivity contribution is 0.0535. The van der Waals surface area contributed by atoms with Crippen LogP contribution in [0.25, 0.3) is 0 Å². The zero-order chi connectivity index (χ0) is 8.72. The molecule has 2 nitrogen and oxygen atoms in total. The second-order valence-electron chi connectivity index (χ2n) is 2.50. The summed E-state index contributed by atoms with van der Waals surface area (Å²) in [6.45, 7) is 0.243. The summed E-state index contributed by atoms with van der Waals surface area (Å²) in [5.74, 6) is -0.885. The molecule has 0 radical (unpaired) electrons. The van der Waals surface area contributed by atoms with Crippen molar-refractivity contribution in [2.75, 3.05) is 0 Å². The minimum atomic E-state index is -0.448. The predicted octanol–water partition coefficient (Wildman–Crippen LogP) is 2.26. The third kappa shape index (κ3) is 1.03. The Morgan fingerprint density at radius 1 is 1.50 bits per heavy atom. The molecule has 1 aliphatic rings. The Morgan fingerprint density at radius 3 is 3.00 bits per heavy atom. The SMILES string of the molecule is O=C1OCc2cc(Br)c(F)cc21. The number of hydrogen-bond donors (Lipinski definition) is 0. The van der Waals surface area contributed by atoms with E-state index < -0.39 is 11.8 Å². The predicted molar refractivity (Wildman–Crippen MR) is 43.2 cm³/mol. The van der Waals surface area contributed by atoms with Crippen LogP contribution in [-0.2, 0) is 11.3 Å². The van der Waals surface area contributed by atoms with Gasteiger partial charge in [-0.3, -0.25) is 0 Å². The van der Waals surface area contributed by atoms with Crippen LogP contribution in [0.4, 0.5) is 4.39 Å². The van der Waals surface area contributed by atoms with Crippen molar-refractivity contribution in [3.05, 3.63) is 33.5 Å². The molecule has 0 aliphatic carbocycles. The first-order valence-corrected chi connectivity index (χ1v) is 4.13. The van der Waals surface area contributed by atoms with E-state index in [4.69, 9.17) is 4.74 Å². The van der Waals surface area contributed by atoms with Crippen molar-refractivity contribution in [3.63, 3.8) is 0 Å². The lowest BCUT2D eigenvalue weighted by atomic mass is 10.1. The summed E-state index contributed by atoms with van der Waals surface area (Å²) in [4.78, 5) is 10.9. The first-order chi connectivity index (χ1) is 5.68. The Hall–Kier alpha value is -0.900. The number of ether oxygens (including phenoxy) is 1. The smallest absolute Gasteiger partial charge is 0.338 e. The lowest BCUT2D eigenvalue weighted by Gasteiger charge is -1.96. The van der Waals surface area contributed by atoms with Gasteiger partial charge in [0.15, 0.2) is 0 Å². The third-order valence-corrected chi connectivity index (χ3v) is 2.33. The maximum Gasteiger partial charge on any atom is 0.338 e. The van der Waals surface area contributed by atoms with Crippen LogP contribution in [0.3, 0.4) is 0 Å². The van der Waals surface area contributed by atoms with Gasteiger partial charge in [-0.2, -0.15) is 0 Å². The van der Waals surface area contributed by atoms with E-state index in [1.807, 2.05) is 0 Å². The van der Waals surface area contributed by atoms with Crippen LogP contribution >= 0.6 is 15.9 Å². The molecule has 12 heavy (non-hydrogen) atoms. The van der Waals surface area contributed by atoms with Crippen molar-refractivity contribution >= 4 is 21.9 Å². The third-order valence-electron chi connectivity index (χ3n) is 1.72. The van der Waals surface area contributed by atoms with Gasteiger partial charge in [-0.05, 0) is 28.1 Å². The fourth-order valence-electron chi connectivity index (χ4n) is 1.12. The van der Waals surface area contributed by atoms with Crippen LogP contribution in [0, 0.1) is 5.82 Å². The van der Waals surface area contributed by atoms with Crippen molar-refractivity contribution in [1.82, 2.24) is 0 Å². The van der Waals surface area contributed by atoms with Gasteiger partial charge in [0.1, 0.15) is 12.4 Å². The number of carbonyl (C=O) groups is 1. The second-order valence-corrected chi connectivity index (χ2v) is 3.35. The number of hydrogen-bond acceptors (Lipinski definition) is 2. The van der Waals surface area contributed by atoms with Gasteiger partial charge < -0.3 is 4.74 Å². The highest BCUT2D eigenvalue weighted by molar-refractivity contribution is 9.10. The summed E-state index contributed by atoms with van der Waals surface area (Å²) in [5.41, 5.74) is 1.06. The van der Waals surface area contributed by atoms with Crippen LogP contribution in [0.2, 0.25) is 0 Å². The van der Waals surface area contributed by atoms with E-state index in [1.54, 1.807) is 6.07 Å². The Bertz CT molecular complexity index is 362. The molecule has 0 amide bonds. The molecule has 0 aromatic heterocycles. The van der Waals surface area contributed by atoms with E-state index in [2.05, 4.69) is 15.9 Å². The zero-order valence-corrected chi connectivity index (χ0v) is 7.52. The van der Waals surface area contributed by atoms with Gasteiger partial charge in [-0.25, -0.2) is 9.18 Å². The molecule has 1 aliphatic heterocycles. The number of halogens is 2. The first-order valence-electron chi connectivity index (χ1n) is 3.33. The van der Waals surface area contributed by atoms with E-state index in [9.17, 15) is 9.18 Å². The summed E-state index contributed by atoms with van der Waals surface area (Å²) in [5, 5.41) is 0. The van der Waals surface area contributed by atoms with E-state index in [0.717, 1.165) is 5.56 Å². The van der Waals surface area contributed by atoms with E-state index in [1.165, 1.54) is 6.07 Å². The number of cyclic esters (lactones) is 1. The van der Waals surface area contributed by atoms with Crippen molar-refractivity contribution in [1.29, 1.82) is 0 Å². The van der Waals surface area contributed by atoms with Gasteiger partial charge in [-0.15, -0.1) is 0 Å². The highest BCUT2D eigenvalue weighted by Gasteiger charge is 2.22. The standard InChI is InChI=1S/C8H4BrFO2/c9-6-1-4-3-12-8(11)5(4)2-7(6)10/h1-2H,3H2. The second kappa shape index (κ2) is 2.55. The molecule has 0 saturated carbocycles. The first kappa shape index (κ1) is 7.73. The number of fused-ring (bicyclic) bond motifs is 1. The van der Waals surface area contributed by atoms with Gasteiger partial charge in [-0.1, -0.05) is 0 Å². The number of rotatable bonds is 0. The van der Waals surface area contributed by atoms with Crippen LogP contribution < -0.4 is 0 Å². The van der Waals surface area contributed by atoms with Crippen molar-refractivity contribution in [2.45, 2.75) is 6.61 Å². The molecule has 0 N–H and O–H groups in total. The largest absolute Gasteiger partial charge is 0.457 e. The molecule has 0 saturated heterocycles. The van der Waals surface area contributed by atoms with Crippen LogP contribution in [0.1, 0.15) is 15.9 Å². The van der Waals surface area contributed by atoms with E-state index >= 15 is 0 Å². The normalized spacial score (nSPS) is 14.3. The van der Waals surface area contributed by atoms with Crippen molar-refractivity contribution < 1.29 is 13.9 Å². The maximum atomic E-state index is 12.9. The van der Waals surface area contributed by atoms with Gasteiger partial charge >= 0.3 is 5.97 Å². The maximum absolute atomic E-state index is 12.9. The van der Waals surface area contributed by atoms with E-state index in [0.29, 0.717) is 10.0 Å². The van der Waals surface area contributed by atoms with Gasteiger partial charge in [0.2, 0.25) is 0 Å². The molecule has 0 atom stereocenters. The molecule has 62 valence electrons. The molecule has 1 heterocycles. The summed E-state index contributed by atoms with van der Waals surface area (Å²) in [6, 6.07) is 2.75. The molecule has 0 fully saturated rings. The number of carbonyl (C=O) groups excluding carboxylic acids is 1. The molecule has 1 aromatic carbocycles. The fourth-order valence-corrected chi connectivity index (χ4v) is 1.51. The quantitative estimate of drug-likeness (QED) is 0.640. The molecule has 1 aromatic rings.